The van der Waals surface area contributed by atoms with Crippen LogP contribution in [0.4, 0.5) is 4.79 Å². The number of carbonyl (C=O) groups is 2. The zero-order valence-electron chi connectivity index (χ0n) is 13.7. The van der Waals surface area contributed by atoms with Crippen molar-refractivity contribution in [1.82, 2.24) is 15.2 Å². The van der Waals surface area contributed by atoms with E-state index in [9.17, 15) is 9.59 Å². The SMILES string of the molecule is Cc1cccc(CN2C(=O)N/C(=C\c3c[nH]c4ccccc34)C2=O)c1. The van der Waals surface area contributed by atoms with E-state index < -0.39 is 6.03 Å². The number of benzene rings is 2. The number of nitrogens with one attached hydrogen (secondary N) is 2. The first-order valence-electron chi connectivity index (χ1n) is 8.08. The van der Waals surface area contributed by atoms with E-state index in [2.05, 4.69) is 10.3 Å². The van der Waals surface area contributed by atoms with Crippen LogP contribution in [0.2, 0.25) is 0 Å². The average Bonchev–Trinajstić information content (AvgIpc) is 3.12. The minimum Gasteiger partial charge on any atom is -0.361 e. The van der Waals surface area contributed by atoms with Gasteiger partial charge in [0.15, 0.2) is 0 Å². The molecule has 0 radical (unpaired) electrons. The Labute approximate surface area is 145 Å². The summed E-state index contributed by atoms with van der Waals surface area (Å²) >= 11 is 0. The molecular formula is C20H17N3O2. The zero-order valence-corrected chi connectivity index (χ0v) is 13.7. The lowest BCUT2D eigenvalue weighted by Gasteiger charge is -2.12. The van der Waals surface area contributed by atoms with Crippen molar-refractivity contribution in [3.05, 3.63) is 77.1 Å². The first-order chi connectivity index (χ1) is 12.1. The van der Waals surface area contributed by atoms with Crippen molar-refractivity contribution < 1.29 is 9.59 Å². The van der Waals surface area contributed by atoms with Gasteiger partial charge in [0, 0.05) is 22.7 Å². The second-order valence-corrected chi connectivity index (χ2v) is 6.16. The van der Waals surface area contributed by atoms with Crippen LogP contribution in [-0.4, -0.2) is 21.8 Å². The summed E-state index contributed by atoms with van der Waals surface area (Å²) in [5.74, 6) is -0.309. The van der Waals surface area contributed by atoms with E-state index in [-0.39, 0.29) is 12.5 Å². The molecule has 0 spiro atoms. The number of fused-ring (bicyclic) bond motifs is 1. The van der Waals surface area contributed by atoms with Crippen molar-refractivity contribution in [3.63, 3.8) is 0 Å². The Bertz CT molecular complexity index is 1020. The van der Waals surface area contributed by atoms with Crippen LogP contribution in [-0.2, 0) is 11.3 Å². The third-order valence-electron chi connectivity index (χ3n) is 4.31. The Morgan fingerprint density at radius 1 is 1.08 bits per heavy atom. The Morgan fingerprint density at radius 3 is 2.76 bits per heavy atom. The number of H-pyrrole nitrogens is 1. The molecule has 2 N–H and O–H groups in total. The number of amides is 3. The molecule has 3 aromatic rings. The highest BCUT2D eigenvalue weighted by Gasteiger charge is 2.33. The maximum absolute atomic E-state index is 12.6. The Balaban J connectivity index is 1.62. The van der Waals surface area contributed by atoms with E-state index in [0.29, 0.717) is 5.70 Å². The number of aromatic nitrogens is 1. The lowest BCUT2D eigenvalue weighted by Crippen LogP contribution is -2.30. The van der Waals surface area contributed by atoms with Crippen molar-refractivity contribution in [2.75, 3.05) is 0 Å². The van der Waals surface area contributed by atoms with E-state index in [1.54, 1.807) is 6.08 Å². The predicted molar refractivity (Wildman–Crippen MR) is 96.5 cm³/mol. The number of aromatic amines is 1. The van der Waals surface area contributed by atoms with Crippen LogP contribution in [0.5, 0.6) is 0 Å². The fourth-order valence-electron chi connectivity index (χ4n) is 3.08. The topological polar surface area (TPSA) is 65.2 Å². The summed E-state index contributed by atoms with van der Waals surface area (Å²) in [7, 11) is 0. The number of rotatable bonds is 3. The maximum Gasteiger partial charge on any atom is 0.329 e. The van der Waals surface area contributed by atoms with Crippen LogP contribution in [0.15, 0.2) is 60.4 Å². The minimum atomic E-state index is -0.391. The molecule has 0 atom stereocenters. The quantitative estimate of drug-likeness (QED) is 0.569. The summed E-state index contributed by atoms with van der Waals surface area (Å²) in [6.45, 7) is 2.25. The lowest BCUT2D eigenvalue weighted by molar-refractivity contribution is -0.123. The molecule has 25 heavy (non-hydrogen) atoms. The molecule has 1 aliphatic heterocycles. The van der Waals surface area contributed by atoms with Gasteiger partial charge in [-0.25, -0.2) is 4.79 Å². The van der Waals surface area contributed by atoms with Gasteiger partial charge in [0.25, 0.3) is 5.91 Å². The summed E-state index contributed by atoms with van der Waals surface area (Å²) in [6.07, 6.45) is 3.55. The molecule has 0 aliphatic carbocycles. The van der Waals surface area contributed by atoms with Crippen LogP contribution < -0.4 is 5.32 Å². The molecule has 5 nitrogen and oxygen atoms in total. The number of carbonyl (C=O) groups excluding carboxylic acids is 2. The molecule has 2 heterocycles. The smallest absolute Gasteiger partial charge is 0.329 e. The van der Waals surface area contributed by atoms with Gasteiger partial charge in [-0.2, -0.15) is 0 Å². The van der Waals surface area contributed by atoms with Gasteiger partial charge in [-0.1, -0.05) is 48.0 Å². The van der Waals surface area contributed by atoms with Gasteiger partial charge < -0.3 is 10.3 Å². The van der Waals surface area contributed by atoms with E-state index in [4.69, 9.17) is 0 Å². The fourth-order valence-corrected chi connectivity index (χ4v) is 3.08. The molecule has 5 heteroatoms. The standard InChI is InChI=1S/C20H17N3O2/c1-13-5-4-6-14(9-13)12-23-19(24)18(22-20(23)25)10-15-11-21-17-8-3-2-7-16(15)17/h2-11,21H,12H2,1H3,(H,22,25)/b18-10-. The summed E-state index contributed by atoms with van der Waals surface area (Å²) in [5, 5.41) is 3.68. The number of urea groups is 1. The molecule has 1 saturated heterocycles. The summed E-state index contributed by atoms with van der Waals surface area (Å²) < 4.78 is 0. The number of hydrogen-bond acceptors (Lipinski definition) is 2. The third kappa shape index (κ3) is 2.80. The lowest BCUT2D eigenvalue weighted by atomic mass is 10.1. The Hall–Kier alpha value is -3.34. The van der Waals surface area contributed by atoms with Crippen LogP contribution in [0.3, 0.4) is 0 Å². The third-order valence-corrected chi connectivity index (χ3v) is 4.31. The monoisotopic (exact) mass is 331 g/mol. The number of imide groups is 1. The van der Waals surface area contributed by atoms with Crippen molar-refractivity contribution in [2.45, 2.75) is 13.5 Å². The molecule has 2 aromatic carbocycles. The van der Waals surface area contributed by atoms with Gasteiger partial charge >= 0.3 is 6.03 Å². The van der Waals surface area contributed by atoms with E-state index >= 15 is 0 Å². The Morgan fingerprint density at radius 2 is 1.92 bits per heavy atom. The molecule has 3 amide bonds. The molecule has 0 saturated carbocycles. The van der Waals surface area contributed by atoms with Gasteiger partial charge in [0.05, 0.1) is 6.54 Å². The Kier molecular flexibility index (Phi) is 3.61. The van der Waals surface area contributed by atoms with Crippen LogP contribution in [0, 0.1) is 6.92 Å². The second-order valence-electron chi connectivity index (χ2n) is 6.16. The van der Waals surface area contributed by atoms with Gasteiger partial charge in [-0.05, 0) is 24.6 Å². The fraction of sp³-hybridized carbons (Fsp3) is 0.100. The molecule has 1 fully saturated rings. The van der Waals surface area contributed by atoms with Crippen molar-refractivity contribution >= 4 is 28.9 Å². The first-order valence-corrected chi connectivity index (χ1v) is 8.08. The predicted octanol–water partition coefficient (Wildman–Crippen LogP) is 3.57. The maximum atomic E-state index is 12.6. The van der Waals surface area contributed by atoms with Crippen LogP contribution >= 0.6 is 0 Å². The van der Waals surface area contributed by atoms with E-state index in [1.165, 1.54) is 4.90 Å². The van der Waals surface area contributed by atoms with Crippen molar-refractivity contribution in [3.8, 4) is 0 Å². The average molecular weight is 331 g/mol. The summed E-state index contributed by atoms with van der Waals surface area (Å²) in [6, 6.07) is 15.2. The normalized spacial score (nSPS) is 16.0. The largest absolute Gasteiger partial charge is 0.361 e. The number of para-hydroxylation sites is 1. The van der Waals surface area contributed by atoms with Crippen molar-refractivity contribution in [1.29, 1.82) is 0 Å². The molecule has 1 aromatic heterocycles. The highest BCUT2D eigenvalue weighted by atomic mass is 16.2. The molecule has 124 valence electrons. The number of nitrogens with zero attached hydrogens (tertiary/aromatic N) is 1. The van der Waals surface area contributed by atoms with Crippen molar-refractivity contribution in [2.24, 2.45) is 0 Å². The zero-order chi connectivity index (χ0) is 17.4. The van der Waals surface area contributed by atoms with E-state index in [1.807, 2.05) is 61.7 Å². The number of hydrogen-bond donors (Lipinski definition) is 2. The summed E-state index contributed by atoms with van der Waals surface area (Å²) in [4.78, 5) is 29.2. The minimum absolute atomic E-state index is 0.261. The molecular weight excluding hydrogens is 314 g/mol. The van der Waals surface area contributed by atoms with Crippen LogP contribution in [0.25, 0.3) is 17.0 Å². The highest BCUT2D eigenvalue weighted by molar-refractivity contribution is 6.14. The van der Waals surface area contributed by atoms with Crippen LogP contribution in [0.1, 0.15) is 16.7 Å². The van der Waals surface area contributed by atoms with Gasteiger partial charge in [-0.15, -0.1) is 0 Å². The van der Waals surface area contributed by atoms with Gasteiger partial charge in [0.2, 0.25) is 0 Å². The molecule has 0 unspecified atom stereocenters. The highest BCUT2D eigenvalue weighted by Crippen LogP contribution is 2.22. The van der Waals surface area contributed by atoms with Gasteiger partial charge in [0.1, 0.15) is 5.70 Å². The molecule has 1 aliphatic rings. The molecule has 0 bridgehead atoms. The second kappa shape index (κ2) is 5.94. The van der Waals surface area contributed by atoms with Gasteiger partial charge in [-0.3, -0.25) is 9.69 Å². The van der Waals surface area contributed by atoms with E-state index in [0.717, 1.165) is 27.6 Å². The number of aryl methyl sites for hydroxylation is 1. The molecule has 4 rings (SSSR count). The summed E-state index contributed by atoms with van der Waals surface area (Å²) in [5.41, 5.74) is 4.18. The first kappa shape index (κ1) is 15.2.